The Labute approximate surface area is 132 Å². The topological polar surface area (TPSA) is 80.3 Å². The van der Waals surface area contributed by atoms with Crippen LogP contribution in [0.25, 0.3) is 0 Å². The van der Waals surface area contributed by atoms with Gasteiger partial charge in [0.25, 0.3) is 0 Å². The Morgan fingerprint density at radius 2 is 0.905 bits per heavy atom. The van der Waals surface area contributed by atoms with Crippen LogP contribution < -0.4 is 0 Å². The summed E-state index contributed by atoms with van der Waals surface area (Å²) in [7, 11) is 8.22. The SMILES string of the molecule is CCCC[N+](C)(C)C.CCCC[N+](C)(C)C.O=S(=O)([O-])[O-]. The van der Waals surface area contributed by atoms with Crippen molar-refractivity contribution in [1.29, 1.82) is 0 Å². The molecule has 0 fully saturated rings. The van der Waals surface area contributed by atoms with Crippen LogP contribution in [0.1, 0.15) is 39.5 Å². The second kappa shape index (κ2) is 12.3. The lowest BCUT2D eigenvalue weighted by Gasteiger charge is -2.23. The molecule has 132 valence electrons. The zero-order valence-electron chi connectivity index (χ0n) is 15.2. The van der Waals surface area contributed by atoms with Gasteiger partial charge in [-0.15, -0.1) is 0 Å². The molecule has 0 aromatic carbocycles. The van der Waals surface area contributed by atoms with Crippen LogP contribution in [0.3, 0.4) is 0 Å². The molecule has 0 aromatic heterocycles. The van der Waals surface area contributed by atoms with E-state index in [0.717, 1.165) is 8.97 Å². The van der Waals surface area contributed by atoms with Crippen LogP contribution in [0.15, 0.2) is 0 Å². The third-order valence-corrected chi connectivity index (χ3v) is 2.36. The molecule has 0 aliphatic heterocycles. The highest BCUT2D eigenvalue weighted by Gasteiger charge is 2.03. The number of unbranched alkanes of at least 4 members (excludes halogenated alkanes) is 2. The summed E-state index contributed by atoms with van der Waals surface area (Å²) in [5.74, 6) is 0. The highest BCUT2D eigenvalue weighted by Crippen LogP contribution is 1.95. The zero-order chi connectivity index (χ0) is 17.7. The average Bonchev–Trinajstić information content (AvgIpc) is 2.20. The summed E-state index contributed by atoms with van der Waals surface area (Å²) < 4.78 is 36.3. The van der Waals surface area contributed by atoms with Crippen molar-refractivity contribution < 1.29 is 26.5 Å². The van der Waals surface area contributed by atoms with Crippen LogP contribution in [-0.4, -0.2) is 81.9 Å². The molecular formula is C14H36N2O4S. The third-order valence-electron chi connectivity index (χ3n) is 2.36. The van der Waals surface area contributed by atoms with Gasteiger partial charge in [0.2, 0.25) is 0 Å². The van der Waals surface area contributed by atoms with E-state index in [9.17, 15) is 0 Å². The molecule has 0 saturated carbocycles. The highest BCUT2D eigenvalue weighted by atomic mass is 32.3. The van der Waals surface area contributed by atoms with Gasteiger partial charge in [-0.2, -0.15) is 0 Å². The Morgan fingerprint density at radius 3 is 0.952 bits per heavy atom. The van der Waals surface area contributed by atoms with Crippen LogP contribution in [-0.2, 0) is 10.4 Å². The quantitative estimate of drug-likeness (QED) is 0.422. The lowest BCUT2D eigenvalue weighted by molar-refractivity contribution is -0.870. The summed E-state index contributed by atoms with van der Waals surface area (Å²) >= 11 is 0. The van der Waals surface area contributed by atoms with E-state index < -0.39 is 10.4 Å². The van der Waals surface area contributed by atoms with Crippen LogP contribution in [0.5, 0.6) is 0 Å². The smallest absolute Gasteiger partial charge is 0.0780 e. The minimum Gasteiger partial charge on any atom is -0.759 e. The molecule has 0 atom stereocenters. The lowest BCUT2D eigenvalue weighted by atomic mass is 10.3. The summed E-state index contributed by atoms with van der Waals surface area (Å²) in [4.78, 5) is 0. The van der Waals surface area contributed by atoms with E-state index >= 15 is 0 Å². The Bertz CT molecular complexity index is 291. The Hall–Kier alpha value is -0.210. The molecule has 0 heterocycles. The molecule has 0 N–H and O–H groups in total. The van der Waals surface area contributed by atoms with Gasteiger partial charge in [0.1, 0.15) is 0 Å². The van der Waals surface area contributed by atoms with E-state index in [-0.39, 0.29) is 0 Å². The molecule has 0 saturated heterocycles. The molecule has 0 aromatic rings. The predicted molar refractivity (Wildman–Crippen MR) is 86.1 cm³/mol. The molecule has 0 aliphatic rings. The third kappa shape index (κ3) is 65.3. The second-order valence-corrected chi connectivity index (χ2v) is 7.96. The molecule has 0 amide bonds. The molecule has 0 spiro atoms. The van der Waals surface area contributed by atoms with E-state index in [0.29, 0.717) is 0 Å². The largest absolute Gasteiger partial charge is 0.759 e. The summed E-state index contributed by atoms with van der Waals surface area (Å²) in [6.45, 7) is 7.07. The van der Waals surface area contributed by atoms with Crippen molar-refractivity contribution in [3.8, 4) is 0 Å². The molecule has 0 aliphatic carbocycles. The van der Waals surface area contributed by atoms with Gasteiger partial charge in [-0.25, -0.2) is 0 Å². The van der Waals surface area contributed by atoms with Crippen LogP contribution >= 0.6 is 0 Å². The standard InChI is InChI=1S/2C7H18N.H2O4S/c2*1-5-6-7-8(2,3)4;1-5(2,3)4/h2*5-7H2,1-4H3;(H2,1,2,3,4)/q2*+1;/p-2. The first-order chi connectivity index (χ1) is 9.12. The maximum absolute atomic E-state index is 8.52. The van der Waals surface area contributed by atoms with Gasteiger partial charge in [-0.1, -0.05) is 26.7 Å². The first-order valence-corrected chi connectivity index (χ1v) is 8.73. The number of hydrogen-bond acceptors (Lipinski definition) is 4. The van der Waals surface area contributed by atoms with Crippen LogP contribution in [0.4, 0.5) is 0 Å². The maximum atomic E-state index is 8.52. The van der Waals surface area contributed by atoms with E-state index in [2.05, 4.69) is 56.1 Å². The summed E-state index contributed by atoms with van der Waals surface area (Å²) in [6, 6.07) is 0. The predicted octanol–water partition coefficient (Wildman–Crippen LogP) is 1.65. The molecule has 0 rings (SSSR count). The van der Waals surface area contributed by atoms with Crippen molar-refractivity contribution in [1.82, 2.24) is 0 Å². The zero-order valence-corrected chi connectivity index (χ0v) is 16.0. The second-order valence-electron chi connectivity index (χ2n) is 7.14. The summed E-state index contributed by atoms with van der Waals surface area (Å²) in [6.07, 6.45) is 5.33. The number of nitrogens with zero attached hydrogens (tertiary/aromatic N) is 2. The maximum Gasteiger partial charge on any atom is 0.0780 e. The molecule has 21 heavy (non-hydrogen) atoms. The van der Waals surface area contributed by atoms with Crippen molar-refractivity contribution >= 4 is 10.4 Å². The van der Waals surface area contributed by atoms with Gasteiger partial charge in [-0.05, 0) is 12.8 Å². The van der Waals surface area contributed by atoms with E-state index in [1.807, 2.05) is 0 Å². The fraction of sp³-hybridized carbons (Fsp3) is 1.00. The van der Waals surface area contributed by atoms with Crippen molar-refractivity contribution in [3.63, 3.8) is 0 Å². The van der Waals surface area contributed by atoms with Gasteiger partial charge in [-0.3, -0.25) is 8.42 Å². The molecule has 0 radical (unpaired) electrons. The van der Waals surface area contributed by atoms with Crippen LogP contribution in [0.2, 0.25) is 0 Å². The van der Waals surface area contributed by atoms with Gasteiger partial charge in [0.05, 0.1) is 55.4 Å². The number of quaternary nitrogens is 2. The summed E-state index contributed by atoms with van der Waals surface area (Å²) in [5, 5.41) is 0. The minimum atomic E-state index is -5.17. The van der Waals surface area contributed by atoms with Crippen molar-refractivity contribution in [2.45, 2.75) is 39.5 Å². The average molecular weight is 329 g/mol. The van der Waals surface area contributed by atoms with Gasteiger partial charge in [0.15, 0.2) is 0 Å². The first-order valence-electron chi connectivity index (χ1n) is 7.40. The highest BCUT2D eigenvalue weighted by molar-refractivity contribution is 7.79. The molecule has 0 bridgehead atoms. The Morgan fingerprint density at radius 1 is 0.714 bits per heavy atom. The molecular weight excluding hydrogens is 292 g/mol. The number of hydrogen-bond donors (Lipinski definition) is 0. The summed E-state index contributed by atoms with van der Waals surface area (Å²) in [5.41, 5.74) is 0. The van der Waals surface area contributed by atoms with Crippen molar-refractivity contribution in [2.24, 2.45) is 0 Å². The van der Waals surface area contributed by atoms with E-state index in [1.54, 1.807) is 0 Å². The lowest BCUT2D eigenvalue weighted by Crippen LogP contribution is -2.35. The van der Waals surface area contributed by atoms with Gasteiger partial charge < -0.3 is 18.1 Å². The number of rotatable bonds is 6. The fourth-order valence-corrected chi connectivity index (χ4v) is 1.26. The minimum absolute atomic E-state index is 1.10. The molecule has 0 unspecified atom stereocenters. The monoisotopic (exact) mass is 328 g/mol. The van der Waals surface area contributed by atoms with Gasteiger partial charge in [0, 0.05) is 10.4 Å². The van der Waals surface area contributed by atoms with Crippen molar-refractivity contribution in [3.05, 3.63) is 0 Å². The van der Waals surface area contributed by atoms with Gasteiger partial charge >= 0.3 is 0 Å². The fourth-order valence-electron chi connectivity index (χ4n) is 1.26. The normalized spacial score (nSPS) is 11.9. The molecule has 6 nitrogen and oxygen atoms in total. The van der Waals surface area contributed by atoms with E-state index in [4.69, 9.17) is 17.5 Å². The first kappa shape index (κ1) is 25.7. The Kier molecular flexibility index (Phi) is 15.1. The van der Waals surface area contributed by atoms with E-state index in [1.165, 1.54) is 38.8 Å². The Balaban J connectivity index is -0.000000239. The van der Waals surface area contributed by atoms with Crippen molar-refractivity contribution in [2.75, 3.05) is 55.4 Å². The molecule has 7 heteroatoms. The van der Waals surface area contributed by atoms with Crippen LogP contribution in [0, 0.1) is 0 Å².